The summed E-state index contributed by atoms with van der Waals surface area (Å²) in [4.78, 5) is 11.6. The minimum absolute atomic E-state index is 0.0282. The van der Waals surface area contributed by atoms with Crippen molar-refractivity contribution in [3.8, 4) is 0 Å². The zero-order valence-corrected chi connectivity index (χ0v) is 11.5. The summed E-state index contributed by atoms with van der Waals surface area (Å²) < 4.78 is 5.22. The van der Waals surface area contributed by atoms with E-state index in [2.05, 4.69) is 12.2 Å². The minimum Gasteiger partial charge on any atom is -0.444 e. The Hall–Kier alpha value is -0.770. The molecule has 0 heterocycles. The Balaban J connectivity index is 2.32. The highest BCUT2D eigenvalue weighted by atomic mass is 16.6. The molecule has 0 spiro atoms. The highest BCUT2D eigenvalue weighted by Gasteiger charge is 2.30. The van der Waals surface area contributed by atoms with Crippen LogP contribution in [0.1, 0.15) is 47.0 Å². The molecule has 1 aliphatic rings. The maximum Gasteiger partial charge on any atom is 0.407 e. The number of ether oxygens (including phenoxy) is 1. The minimum atomic E-state index is -0.453. The summed E-state index contributed by atoms with van der Waals surface area (Å²) in [5.41, 5.74) is 5.23. The van der Waals surface area contributed by atoms with Crippen LogP contribution in [0.2, 0.25) is 0 Å². The number of carbonyl (C=O) groups excluding carboxylic acids is 1. The zero-order chi connectivity index (χ0) is 13.1. The van der Waals surface area contributed by atoms with E-state index in [0.717, 1.165) is 12.3 Å². The summed E-state index contributed by atoms with van der Waals surface area (Å²) in [5, 5.41) is 2.85. The van der Waals surface area contributed by atoms with Crippen LogP contribution in [0, 0.1) is 11.8 Å². The molecule has 3 N–H and O–H groups in total. The molecule has 100 valence electrons. The van der Waals surface area contributed by atoms with Gasteiger partial charge in [-0.05, 0) is 51.9 Å². The Bertz CT molecular complexity index is 257. The van der Waals surface area contributed by atoms with E-state index in [1.54, 1.807) is 0 Å². The Morgan fingerprint density at radius 2 is 2.06 bits per heavy atom. The summed E-state index contributed by atoms with van der Waals surface area (Å²) in [6.07, 6.45) is 3.23. The molecule has 1 rings (SSSR count). The van der Waals surface area contributed by atoms with Crippen LogP contribution >= 0.6 is 0 Å². The number of hydrogen-bond donors (Lipinski definition) is 2. The first-order chi connectivity index (χ1) is 7.81. The van der Waals surface area contributed by atoms with Gasteiger partial charge in [-0.15, -0.1) is 0 Å². The van der Waals surface area contributed by atoms with Crippen LogP contribution in [-0.4, -0.2) is 24.3 Å². The fraction of sp³-hybridized carbons (Fsp3) is 0.923. The van der Waals surface area contributed by atoms with Crippen LogP contribution in [-0.2, 0) is 4.74 Å². The smallest absolute Gasteiger partial charge is 0.407 e. The van der Waals surface area contributed by atoms with Crippen molar-refractivity contribution < 1.29 is 9.53 Å². The molecule has 0 aromatic heterocycles. The van der Waals surface area contributed by atoms with Crippen LogP contribution in [0.3, 0.4) is 0 Å². The molecule has 0 saturated heterocycles. The standard InChI is InChI=1S/C13H26N2O2/c1-9(10-5-6-10)7-11(8-14)15-12(16)17-13(2,3)4/h9-11H,5-8,14H2,1-4H3,(H,15,16). The Labute approximate surface area is 104 Å². The third-order valence-corrected chi connectivity index (χ3v) is 3.09. The van der Waals surface area contributed by atoms with Crippen molar-refractivity contribution >= 4 is 6.09 Å². The molecule has 1 fully saturated rings. The second-order valence-electron chi connectivity index (χ2n) is 6.13. The zero-order valence-electron chi connectivity index (χ0n) is 11.5. The number of hydrogen-bond acceptors (Lipinski definition) is 3. The molecule has 17 heavy (non-hydrogen) atoms. The lowest BCUT2D eigenvalue weighted by molar-refractivity contribution is 0.0499. The molecule has 1 aliphatic carbocycles. The molecule has 4 heteroatoms. The molecule has 0 aliphatic heterocycles. The van der Waals surface area contributed by atoms with Crippen molar-refractivity contribution in [2.45, 2.75) is 58.6 Å². The van der Waals surface area contributed by atoms with Crippen molar-refractivity contribution in [3.63, 3.8) is 0 Å². The lowest BCUT2D eigenvalue weighted by Gasteiger charge is -2.24. The molecular weight excluding hydrogens is 216 g/mol. The van der Waals surface area contributed by atoms with Crippen molar-refractivity contribution in [1.82, 2.24) is 5.32 Å². The Kier molecular flexibility index (Phi) is 4.80. The second kappa shape index (κ2) is 5.71. The van der Waals surface area contributed by atoms with Gasteiger partial charge in [0.15, 0.2) is 0 Å². The Morgan fingerprint density at radius 1 is 1.47 bits per heavy atom. The molecule has 0 radical (unpaired) electrons. The predicted octanol–water partition coefficient (Wildman–Crippen LogP) is 2.27. The van der Waals surface area contributed by atoms with Gasteiger partial charge in [0.1, 0.15) is 5.60 Å². The normalized spacial score (nSPS) is 19.6. The largest absolute Gasteiger partial charge is 0.444 e. The first kappa shape index (κ1) is 14.3. The van der Waals surface area contributed by atoms with E-state index in [1.807, 2.05) is 20.8 Å². The first-order valence-corrected chi connectivity index (χ1v) is 6.51. The average molecular weight is 242 g/mol. The Morgan fingerprint density at radius 3 is 2.47 bits per heavy atom. The molecular formula is C13H26N2O2. The quantitative estimate of drug-likeness (QED) is 0.777. The molecule has 1 amide bonds. The highest BCUT2D eigenvalue weighted by Crippen LogP contribution is 2.38. The van der Waals surface area contributed by atoms with Crippen LogP contribution in [0.15, 0.2) is 0 Å². The van der Waals surface area contributed by atoms with Gasteiger partial charge in [0.25, 0.3) is 0 Å². The number of rotatable bonds is 5. The monoisotopic (exact) mass is 242 g/mol. The number of amides is 1. The van der Waals surface area contributed by atoms with Crippen LogP contribution in [0.5, 0.6) is 0 Å². The van der Waals surface area contributed by atoms with E-state index < -0.39 is 5.60 Å². The van der Waals surface area contributed by atoms with Crippen LogP contribution in [0.25, 0.3) is 0 Å². The molecule has 4 nitrogen and oxygen atoms in total. The van der Waals surface area contributed by atoms with E-state index in [0.29, 0.717) is 12.5 Å². The maximum absolute atomic E-state index is 11.6. The number of carbonyl (C=O) groups is 1. The van der Waals surface area contributed by atoms with Crippen molar-refractivity contribution in [2.24, 2.45) is 17.6 Å². The summed E-state index contributed by atoms with van der Waals surface area (Å²) >= 11 is 0. The topological polar surface area (TPSA) is 64.3 Å². The lowest BCUT2D eigenvalue weighted by Crippen LogP contribution is -2.43. The fourth-order valence-corrected chi connectivity index (χ4v) is 1.99. The van der Waals surface area contributed by atoms with Crippen molar-refractivity contribution in [2.75, 3.05) is 6.54 Å². The van der Waals surface area contributed by atoms with E-state index in [1.165, 1.54) is 12.8 Å². The molecule has 2 unspecified atom stereocenters. The predicted molar refractivity (Wildman–Crippen MR) is 68.7 cm³/mol. The maximum atomic E-state index is 11.6. The lowest BCUT2D eigenvalue weighted by atomic mass is 9.97. The van der Waals surface area contributed by atoms with Gasteiger partial charge in [-0.1, -0.05) is 6.92 Å². The van der Waals surface area contributed by atoms with Gasteiger partial charge in [-0.25, -0.2) is 4.79 Å². The average Bonchev–Trinajstić information content (AvgIpc) is 2.96. The van der Waals surface area contributed by atoms with Gasteiger partial charge in [0.05, 0.1) is 0 Å². The SMILES string of the molecule is CC(CC(CN)NC(=O)OC(C)(C)C)C1CC1. The van der Waals surface area contributed by atoms with Gasteiger partial charge >= 0.3 is 6.09 Å². The van der Waals surface area contributed by atoms with E-state index in [9.17, 15) is 4.79 Å². The number of nitrogens with two attached hydrogens (primary N) is 1. The second-order valence-corrected chi connectivity index (χ2v) is 6.13. The molecule has 1 saturated carbocycles. The van der Waals surface area contributed by atoms with Crippen molar-refractivity contribution in [3.05, 3.63) is 0 Å². The summed E-state index contributed by atoms with van der Waals surface area (Å²) in [5.74, 6) is 1.47. The van der Waals surface area contributed by atoms with Gasteiger partial charge in [0.2, 0.25) is 0 Å². The highest BCUT2D eigenvalue weighted by molar-refractivity contribution is 5.68. The first-order valence-electron chi connectivity index (χ1n) is 6.51. The summed E-state index contributed by atoms with van der Waals surface area (Å²) in [7, 11) is 0. The molecule has 0 aromatic carbocycles. The molecule has 0 aromatic rings. The molecule has 0 bridgehead atoms. The molecule has 2 atom stereocenters. The van der Waals surface area contributed by atoms with Gasteiger partial charge < -0.3 is 15.8 Å². The third-order valence-electron chi connectivity index (χ3n) is 3.09. The van der Waals surface area contributed by atoms with Gasteiger partial charge in [-0.3, -0.25) is 0 Å². The summed E-state index contributed by atoms with van der Waals surface area (Å²) in [6.45, 7) is 8.28. The van der Waals surface area contributed by atoms with E-state index in [4.69, 9.17) is 10.5 Å². The number of alkyl carbamates (subject to hydrolysis) is 1. The summed E-state index contributed by atoms with van der Waals surface area (Å²) in [6, 6.07) is 0.0282. The van der Waals surface area contributed by atoms with Crippen molar-refractivity contribution in [1.29, 1.82) is 0 Å². The third kappa shape index (κ3) is 5.91. The van der Waals surface area contributed by atoms with Gasteiger partial charge in [0, 0.05) is 12.6 Å². The van der Waals surface area contributed by atoms with Crippen LogP contribution < -0.4 is 11.1 Å². The van der Waals surface area contributed by atoms with E-state index in [-0.39, 0.29) is 12.1 Å². The van der Waals surface area contributed by atoms with Gasteiger partial charge in [-0.2, -0.15) is 0 Å². The van der Waals surface area contributed by atoms with E-state index >= 15 is 0 Å². The fourth-order valence-electron chi connectivity index (χ4n) is 1.99. The number of nitrogens with one attached hydrogen (secondary N) is 1. The van der Waals surface area contributed by atoms with Crippen LogP contribution in [0.4, 0.5) is 4.79 Å².